The number of hydrogen-bond donors (Lipinski definition) is 2. The minimum atomic E-state index is 0.275. The first kappa shape index (κ1) is 11.9. The van der Waals surface area contributed by atoms with Crippen LogP contribution >= 0.6 is 0 Å². The Kier molecular flexibility index (Phi) is 3.85. The van der Waals surface area contributed by atoms with Crippen LogP contribution in [0.5, 0.6) is 0 Å². The molecule has 0 atom stereocenters. The Morgan fingerprint density at radius 2 is 1.88 bits per heavy atom. The lowest BCUT2D eigenvalue weighted by atomic mass is 9.82. The van der Waals surface area contributed by atoms with Crippen molar-refractivity contribution in [1.82, 2.24) is 5.43 Å². The predicted octanol–water partition coefficient (Wildman–Crippen LogP) is 2.76. The Bertz CT molecular complexity index is 248. The molecule has 2 fully saturated rings. The average molecular weight is 223 g/mol. The molecule has 0 unspecified atom stereocenters. The van der Waals surface area contributed by atoms with E-state index in [9.17, 15) is 0 Å². The molecule has 0 bridgehead atoms. The average Bonchev–Trinajstić information content (AvgIpc) is 2.97. The van der Waals surface area contributed by atoms with Gasteiger partial charge in [0.2, 0.25) is 0 Å². The fourth-order valence-corrected chi connectivity index (χ4v) is 3.35. The summed E-state index contributed by atoms with van der Waals surface area (Å²) in [4.78, 5) is 4.90. The van der Waals surface area contributed by atoms with Gasteiger partial charge in [0.25, 0.3) is 0 Å². The third-order valence-corrected chi connectivity index (χ3v) is 4.51. The lowest BCUT2D eigenvalue weighted by Gasteiger charge is -2.29. The van der Waals surface area contributed by atoms with E-state index >= 15 is 0 Å². The highest BCUT2D eigenvalue weighted by Gasteiger charge is 2.37. The minimum absolute atomic E-state index is 0.275. The molecule has 0 heterocycles. The minimum Gasteiger partial charge on any atom is -0.312 e. The van der Waals surface area contributed by atoms with E-state index in [1.54, 1.807) is 0 Å². The maximum absolute atomic E-state index is 5.71. The molecule has 16 heavy (non-hydrogen) atoms. The highest BCUT2D eigenvalue weighted by atomic mass is 15.3. The summed E-state index contributed by atoms with van der Waals surface area (Å²) >= 11 is 0. The summed E-state index contributed by atoms with van der Waals surface area (Å²) in [5, 5.41) is 0. The van der Waals surface area contributed by atoms with E-state index in [1.807, 2.05) is 0 Å². The van der Waals surface area contributed by atoms with Crippen molar-refractivity contribution in [2.45, 2.75) is 70.8 Å². The van der Waals surface area contributed by atoms with Crippen LogP contribution in [0, 0.1) is 5.41 Å². The molecule has 0 saturated heterocycles. The second-order valence-electron chi connectivity index (χ2n) is 5.40. The number of nitrogens with two attached hydrogens (primary N) is 1. The molecule has 2 aliphatic rings. The number of hydrogen-bond acceptors (Lipinski definition) is 2. The molecule has 0 aromatic rings. The number of hydrazine groups is 1. The summed E-state index contributed by atoms with van der Waals surface area (Å²) in [6.45, 7) is 2.27. The van der Waals surface area contributed by atoms with E-state index in [-0.39, 0.29) is 5.41 Å². The van der Waals surface area contributed by atoms with E-state index in [0.717, 1.165) is 5.84 Å². The Morgan fingerprint density at radius 3 is 2.38 bits per heavy atom. The van der Waals surface area contributed by atoms with Crippen LogP contribution in [0.2, 0.25) is 0 Å². The van der Waals surface area contributed by atoms with E-state index < -0.39 is 0 Å². The number of nitrogens with zero attached hydrogens (tertiary/aromatic N) is 1. The second-order valence-corrected chi connectivity index (χ2v) is 5.40. The largest absolute Gasteiger partial charge is 0.312 e. The molecule has 3 nitrogen and oxygen atoms in total. The quantitative estimate of drug-likeness (QED) is 0.334. The molecule has 0 radical (unpaired) electrons. The zero-order valence-electron chi connectivity index (χ0n) is 10.5. The fourth-order valence-electron chi connectivity index (χ4n) is 3.35. The molecular weight excluding hydrogens is 198 g/mol. The Morgan fingerprint density at radius 1 is 1.25 bits per heavy atom. The Labute approximate surface area is 98.9 Å². The normalized spacial score (nSPS) is 26.2. The van der Waals surface area contributed by atoms with Crippen molar-refractivity contribution in [3.8, 4) is 0 Å². The molecule has 3 N–H and O–H groups in total. The van der Waals surface area contributed by atoms with Gasteiger partial charge in [0.1, 0.15) is 5.84 Å². The maximum atomic E-state index is 5.71. The maximum Gasteiger partial charge on any atom is 0.117 e. The van der Waals surface area contributed by atoms with Crippen molar-refractivity contribution in [3.05, 3.63) is 0 Å². The van der Waals surface area contributed by atoms with Gasteiger partial charge in [-0.1, -0.05) is 32.6 Å². The summed E-state index contributed by atoms with van der Waals surface area (Å²) in [5.41, 5.74) is 3.19. The molecule has 0 spiro atoms. The number of rotatable bonds is 3. The lowest BCUT2D eigenvalue weighted by molar-refractivity contribution is 0.401. The van der Waals surface area contributed by atoms with E-state index in [2.05, 4.69) is 12.3 Å². The van der Waals surface area contributed by atoms with Crippen molar-refractivity contribution < 1.29 is 0 Å². The number of aliphatic imine (C=N–C) groups is 1. The highest BCUT2D eigenvalue weighted by molar-refractivity contribution is 5.88. The third-order valence-electron chi connectivity index (χ3n) is 4.51. The summed E-state index contributed by atoms with van der Waals surface area (Å²) in [7, 11) is 0. The summed E-state index contributed by atoms with van der Waals surface area (Å²) in [5.74, 6) is 6.81. The monoisotopic (exact) mass is 223 g/mol. The van der Waals surface area contributed by atoms with Crippen molar-refractivity contribution >= 4 is 5.84 Å². The van der Waals surface area contributed by atoms with Gasteiger partial charge in [-0.2, -0.15) is 0 Å². The van der Waals surface area contributed by atoms with Crippen molar-refractivity contribution in [3.63, 3.8) is 0 Å². The van der Waals surface area contributed by atoms with Crippen LogP contribution in [0.4, 0.5) is 0 Å². The number of nitrogens with one attached hydrogen (secondary N) is 1. The fraction of sp³-hybridized carbons (Fsp3) is 0.923. The molecule has 92 valence electrons. The molecular formula is C13H25N3. The summed E-state index contributed by atoms with van der Waals surface area (Å²) in [6.07, 6.45) is 11.5. The van der Waals surface area contributed by atoms with E-state index in [1.165, 1.54) is 57.8 Å². The lowest BCUT2D eigenvalue weighted by Crippen LogP contribution is -2.43. The first-order valence-electron chi connectivity index (χ1n) is 6.85. The topological polar surface area (TPSA) is 50.4 Å². The first-order chi connectivity index (χ1) is 7.80. The third kappa shape index (κ3) is 2.24. The summed E-state index contributed by atoms with van der Waals surface area (Å²) < 4.78 is 0. The highest BCUT2D eigenvalue weighted by Crippen LogP contribution is 2.42. The van der Waals surface area contributed by atoms with Crippen molar-refractivity contribution in [1.29, 1.82) is 0 Å². The van der Waals surface area contributed by atoms with Gasteiger partial charge in [0, 0.05) is 5.41 Å². The van der Waals surface area contributed by atoms with Gasteiger partial charge < -0.3 is 5.43 Å². The van der Waals surface area contributed by atoms with E-state index in [0.29, 0.717) is 6.04 Å². The van der Waals surface area contributed by atoms with Crippen LogP contribution < -0.4 is 11.3 Å². The van der Waals surface area contributed by atoms with Gasteiger partial charge in [-0.3, -0.25) is 4.99 Å². The first-order valence-corrected chi connectivity index (χ1v) is 6.85. The van der Waals surface area contributed by atoms with Crippen LogP contribution in [0.1, 0.15) is 64.7 Å². The van der Waals surface area contributed by atoms with Crippen LogP contribution in [0.15, 0.2) is 4.99 Å². The van der Waals surface area contributed by atoms with Crippen LogP contribution in [-0.2, 0) is 0 Å². The van der Waals surface area contributed by atoms with Crippen molar-refractivity contribution in [2.24, 2.45) is 16.3 Å². The van der Waals surface area contributed by atoms with Gasteiger partial charge in [-0.25, -0.2) is 5.84 Å². The second kappa shape index (κ2) is 5.17. The van der Waals surface area contributed by atoms with Gasteiger partial charge in [0.15, 0.2) is 0 Å². The van der Waals surface area contributed by atoms with Crippen molar-refractivity contribution in [2.75, 3.05) is 0 Å². The molecule has 0 amide bonds. The smallest absolute Gasteiger partial charge is 0.117 e. The molecule has 2 saturated carbocycles. The zero-order valence-corrected chi connectivity index (χ0v) is 10.5. The molecule has 2 aliphatic carbocycles. The SMILES string of the molecule is CCC1(C(=NC2CCCC2)NN)CCCC1. The van der Waals surface area contributed by atoms with Gasteiger partial charge >= 0.3 is 0 Å². The Hall–Kier alpha value is -0.570. The molecule has 3 heteroatoms. The van der Waals surface area contributed by atoms with Gasteiger partial charge in [0.05, 0.1) is 6.04 Å². The van der Waals surface area contributed by atoms with E-state index in [4.69, 9.17) is 10.8 Å². The van der Waals surface area contributed by atoms with Gasteiger partial charge in [-0.05, 0) is 32.1 Å². The molecule has 0 aromatic carbocycles. The molecule has 0 aliphatic heterocycles. The van der Waals surface area contributed by atoms with Crippen LogP contribution in [0.25, 0.3) is 0 Å². The van der Waals surface area contributed by atoms with Crippen LogP contribution in [0.3, 0.4) is 0 Å². The summed E-state index contributed by atoms with van der Waals surface area (Å²) in [6, 6.07) is 0.537. The molecule has 2 rings (SSSR count). The standard InChI is InChI=1S/C13H25N3/c1-2-13(9-5-6-10-13)12(16-14)15-11-7-3-4-8-11/h11H,2-10,14H2,1H3,(H,15,16). The molecule has 0 aromatic heterocycles. The van der Waals surface area contributed by atoms with Crippen LogP contribution in [-0.4, -0.2) is 11.9 Å². The van der Waals surface area contributed by atoms with Gasteiger partial charge in [-0.15, -0.1) is 0 Å². The predicted molar refractivity (Wildman–Crippen MR) is 68.2 cm³/mol. The zero-order chi connectivity index (χ0) is 11.4. The number of amidine groups is 1. The Balaban J connectivity index is 2.12.